The van der Waals surface area contributed by atoms with Crippen LogP contribution in [0.3, 0.4) is 0 Å². The first kappa shape index (κ1) is 75.4. The first-order valence-corrected chi connectivity index (χ1v) is 36.4. The summed E-state index contributed by atoms with van der Waals surface area (Å²) in [5.41, 5.74) is 8.67. The van der Waals surface area contributed by atoms with Gasteiger partial charge in [-0.25, -0.2) is 14.4 Å². The van der Waals surface area contributed by atoms with Crippen LogP contribution < -0.4 is 0 Å². The smallest absolute Gasteiger partial charge is 0.411 e. The molecular formula is C86H101N9O9. The Morgan fingerprint density at radius 1 is 0.394 bits per heavy atom. The Kier molecular flexibility index (Phi) is 22.4. The molecule has 9 aromatic rings. The van der Waals surface area contributed by atoms with Crippen LogP contribution in [0, 0.1) is 6.92 Å². The number of carbonyl (C=O) groups excluding carboxylic acids is 3. The highest BCUT2D eigenvalue weighted by molar-refractivity contribution is 5.72. The van der Waals surface area contributed by atoms with Gasteiger partial charge in [-0.15, -0.1) is 0 Å². The second kappa shape index (κ2) is 30.9. The SMILES string of the molecule is C[C@@H](c1ccc(-c2ccc(C(C)(C)C)nn2)cc1)N1CC[C@](CC(C)(C)O)(c2ccccc2)OC1=O.C[C@@H](c1ccc(-c2ccc(C3CC3)nn2)cc1)N1CC[C@](CC(C)(C)O)(c2ccccc2)OC1=O.Cc1ccc(-c2ccc([C@H](C)N3CC[C@](CC(C)(C)O)(c4ccccc4)OC3=O)cc2)nn1. The van der Waals surface area contributed by atoms with Gasteiger partial charge in [-0.2, -0.15) is 30.6 Å². The molecule has 0 bridgehead atoms. The minimum atomic E-state index is -0.978. The Labute approximate surface area is 612 Å². The summed E-state index contributed by atoms with van der Waals surface area (Å²) in [5.74, 6) is 0.591. The number of hydrogen-bond acceptors (Lipinski definition) is 15. The number of amides is 3. The summed E-state index contributed by atoms with van der Waals surface area (Å²) in [6, 6.07) is 65.1. The van der Waals surface area contributed by atoms with Crippen LogP contribution in [0.1, 0.15) is 209 Å². The molecule has 6 aromatic carbocycles. The second-order valence-electron chi connectivity index (χ2n) is 31.6. The first-order valence-electron chi connectivity index (χ1n) is 36.4. The van der Waals surface area contributed by atoms with E-state index in [1.54, 1.807) is 56.2 Å². The van der Waals surface area contributed by atoms with Gasteiger partial charge in [0.15, 0.2) is 0 Å². The van der Waals surface area contributed by atoms with Crippen LogP contribution >= 0.6 is 0 Å². The third kappa shape index (κ3) is 18.4. The summed E-state index contributed by atoms with van der Waals surface area (Å²) >= 11 is 0. The van der Waals surface area contributed by atoms with E-state index in [1.165, 1.54) is 12.8 Å². The Morgan fingerprint density at radius 2 is 0.702 bits per heavy atom. The van der Waals surface area contributed by atoms with Crippen molar-refractivity contribution in [2.45, 2.75) is 204 Å². The molecule has 1 aliphatic carbocycles. The average molecular weight is 1400 g/mol. The number of nitrogens with zero attached hydrogens (tertiary/aromatic N) is 9. The number of aliphatic hydroxyl groups is 3. The summed E-state index contributed by atoms with van der Waals surface area (Å²) in [6.45, 7) is 26.4. The molecular weight excluding hydrogens is 1300 g/mol. The highest BCUT2D eigenvalue weighted by atomic mass is 16.6. The molecule has 18 heteroatoms. The maximum absolute atomic E-state index is 13.3. The van der Waals surface area contributed by atoms with Crippen molar-refractivity contribution in [3.63, 3.8) is 0 Å². The Bertz CT molecular complexity index is 4330. The average Bonchev–Trinajstić information content (AvgIpc) is 0.912. The Balaban J connectivity index is 0.000000156. The van der Waals surface area contributed by atoms with Crippen LogP contribution in [0.15, 0.2) is 200 Å². The molecule has 13 rings (SSSR count). The number of rotatable bonds is 19. The highest BCUT2D eigenvalue weighted by Gasteiger charge is 2.49. The number of aryl methyl sites for hydroxylation is 1. The summed E-state index contributed by atoms with van der Waals surface area (Å²) in [4.78, 5) is 45.1. The summed E-state index contributed by atoms with van der Waals surface area (Å²) in [6.07, 6.45) is 4.16. The van der Waals surface area contributed by atoms with Crippen molar-refractivity contribution in [3.05, 3.63) is 251 Å². The molecule has 1 saturated carbocycles. The number of benzene rings is 6. The van der Waals surface area contributed by atoms with Gasteiger partial charge in [0.05, 0.1) is 69.1 Å². The molecule has 544 valence electrons. The normalized spacial score (nSPS) is 20.3. The van der Waals surface area contributed by atoms with E-state index in [0.717, 1.165) is 84.2 Å². The van der Waals surface area contributed by atoms with E-state index in [0.29, 0.717) is 64.1 Å². The fraction of sp³-hybridized carbons (Fsp3) is 0.407. The van der Waals surface area contributed by atoms with Crippen LogP contribution in [0.25, 0.3) is 33.8 Å². The van der Waals surface area contributed by atoms with Crippen molar-refractivity contribution in [3.8, 4) is 33.8 Å². The van der Waals surface area contributed by atoms with Crippen molar-refractivity contribution in [1.82, 2.24) is 45.3 Å². The molecule has 6 atom stereocenters. The summed E-state index contributed by atoms with van der Waals surface area (Å²) in [5, 5.41) is 57.7. The minimum Gasteiger partial charge on any atom is -0.438 e. The van der Waals surface area contributed by atoms with E-state index >= 15 is 0 Å². The highest BCUT2D eigenvalue weighted by Crippen LogP contribution is 2.47. The third-order valence-corrected chi connectivity index (χ3v) is 20.3. The van der Waals surface area contributed by atoms with E-state index in [2.05, 4.69) is 57.4 Å². The molecule has 6 heterocycles. The molecule has 0 unspecified atom stereocenters. The van der Waals surface area contributed by atoms with Gasteiger partial charge in [-0.05, 0) is 152 Å². The van der Waals surface area contributed by atoms with Gasteiger partial charge >= 0.3 is 18.3 Å². The maximum atomic E-state index is 13.3. The van der Waals surface area contributed by atoms with E-state index in [4.69, 9.17) is 14.2 Å². The lowest BCUT2D eigenvalue weighted by Crippen LogP contribution is -2.51. The Hall–Kier alpha value is -9.75. The monoisotopic (exact) mass is 1400 g/mol. The zero-order valence-corrected chi connectivity index (χ0v) is 62.5. The van der Waals surface area contributed by atoms with Crippen molar-refractivity contribution >= 4 is 18.3 Å². The largest absolute Gasteiger partial charge is 0.438 e. The van der Waals surface area contributed by atoms with E-state index in [9.17, 15) is 29.7 Å². The molecule has 0 spiro atoms. The van der Waals surface area contributed by atoms with Gasteiger partial charge < -0.3 is 44.2 Å². The van der Waals surface area contributed by atoms with Gasteiger partial charge in [-0.3, -0.25) is 0 Å². The number of aromatic nitrogens is 6. The number of carbonyl (C=O) groups is 3. The van der Waals surface area contributed by atoms with Crippen LogP contribution in [0.2, 0.25) is 0 Å². The summed E-state index contributed by atoms with van der Waals surface area (Å²) in [7, 11) is 0. The molecule has 104 heavy (non-hydrogen) atoms. The first-order chi connectivity index (χ1) is 49.3. The van der Waals surface area contributed by atoms with Crippen LogP contribution in [0.5, 0.6) is 0 Å². The number of ether oxygens (including phenoxy) is 3. The van der Waals surface area contributed by atoms with Gasteiger partial charge in [-0.1, -0.05) is 185 Å². The van der Waals surface area contributed by atoms with Gasteiger partial charge in [0.1, 0.15) is 16.8 Å². The lowest BCUT2D eigenvalue weighted by Gasteiger charge is -2.45. The molecule has 3 saturated heterocycles. The predicted molar refractivity (Wildman–Crippen MR) is 404 cm³/mol. The van der Waals surface area contributed by atoms with Crippen molar-refractivity contribution in [2.24, 2.45) is 0 Å². The fourth-order valence-electron chi connectivity index (χ4n) is 14.5. The van der Waals surface area contributed by atoms with Crippen molar-refractivity contribution in [2.75, 3.05) is 19.6 Å². The fourth-order valence-corrected chi connectivity index (χ4v) is 14.5. The number of cyclic esters (lactones) is 3. The van der Waals surface area contributed by atoms with Crippen LogP contribution in [0.4, 0.5) is 14.4 Å². The standard InChI is InChI=1S/C30H37N3O3.C29H33N3O3.C27H31N3O3/c1-21(22-12-14-23(15-13-22)25-16-17-26(32-31-25)28(2,3)4)33-19-18-30(36-27(33)34,20-29(5,6)35)24-10-8-7-9-11-24;1-20(21-9-11-22(12-10-21)25-15-16-26(31-30-25)23-13-14-23)32-18-17-29(35-27(32)33,19-28(2,3)34)24-7-5-4-6-8-24;1-19-10-15-24(29-28-19)22-13-11-21(12-14-22)20(2)30-17-16-27(33-25(30)31,18-26(3,4)32)23-8-6-5-7-9-23/h7-17,21,35H,18-20H2,1-6H3;4-12,15-16,20,23,34H,13-14,17-19H2,1-3H3;5-15,20,32H,16-18H2,1-4H3/t21-,30-;20-,29-;20-,27-/m000/s1. The molecule has 3 aromatic heterocycles. The molecule has 3 amide bonds. The molecule has 0 radical (unpaired) electrons. The Morgan fingerprint density at radius 3 is 0.952 bits per heavy atom. The molecule has 18 nitrogen and oxygen atoms in total. The van der Waals surface area contributed by atoms with Crippen molar-refractivity contribution < 1.29 is 43.9 Å². The van der Waals surface area contributed by atoms with Gasteiger partial charge in [0.25, 0.3) is 0 Å². The molecule has 3 N–H and O–H groups in total. The van der Waals surface area contributed by atoms with E-state index in [-0.39, 0.29) is 41.8 Å². The lowest BCUT2D eigenvalue weighted by atomic mass is 9.80. The van der Waals surface area contributed by atoms with Gasteiger partial charge in [0.2, 0.25) is 0 Å². The van der Waals surface area contributed by atoms with Crippen LogP contribution in [-0.2, 0) is 36.4 Å². The van der Waals surface area contributed by atoms with Crippen molar-refractivity contribution in [1.29, 1.82) is 0 Å². The third-order valence-electron chi connectivity index (χ3n) is 20.3. The molecule has 4 fully saturated rings. The zero-order valence-electron chi connectivity index (χ0n) is 62.5. The molecule has 4 aliphatic rings. The zero-order chi connectivity index (χ0) is 74.4. The quantitative estimate of drug-likeness (QED) is 0.0640. The van der Waals surface area contributed by atoms with Crippen LogP contribution in [-0.4, -0.2) is 115 Å². The van der Waals surface area contributed by atoms with Gasteiger partial charge in [0, 0.05) is 86.2 Å². The van der Waals surface area contributed by atoms with E-state index < -0.39 is 33.6 Å². The second-order valence-corrected chi connectivity index (χ2v) is 31.6. The maximum Gasteiger partial charge on any atom is 0.411 e. The predicted octanol–water partition coefficient (Wildman–Crippen LogP) is 17.8. The van der Waals surface area contributed by atoms with E-state index in [1.807, 2.05) is 222 Å². The number of hydrogen-bond donors (Lipinski definition) is 3. The topological polar surface area (TPSA) is 227 Å². The summed E-state index contributed by atoms with van der Waals surface area (Å²) < 4.78 is 18.4. The minimum absolute atomic E-state index is 0.0428. The molecule has 3 aliphatic heterocycles. The lowest BCUT2D eigenvalue weighted by molar-refractivity contribution is -0.102.